The molecule has 110 valence electrons. The van der Waals surface area contributed by atoms with E-state index in [1.807, 2.05) is 37.3 Å². The Balaban J connectivity index is 2.12. The first-order valence-corrected chi connectivity index (χ1v) is 7.34. The molecule has 2 rings (SSSR count). The summed E-state index contributed by atoms with van der Waals surface area (Å²) in [5.41, 5.74) is 6.22. The minimum absolute atomic E-state index is 0.223. The van der Waals surface area contributed by atoms with Crippen LogP contribution in [0.1, 0.15) is 25.3 Å². The van der Waals surface area contributed by atoms with Gasteiger partial charge in [0, 0.05) is 13.1 Å². The quantitative estimate of drug-likeness (QED) is 0.857. The van der Waals surface area contributed by atoms with Gasteiger partial charge in [0.2, 0.25) is 5.91 Å². The summed E-state index contributed by atoms with van der Waals surface area (Å²) >= 11 is 0. The molecule has 0 spiro atoms. The highest BCUT2D eigenvalue weighted by Crippen LogP contribution is 2.31. The molecule has 1 aliphatic heterocycles. The van der Waals surface area contributed by atoms with Crippen LogP contribution in [0.3, 0.4) is 0 Å². The van der Waals surface area contributed by atoms with E-state index in [0.29, 0.717) is 0 Å². The normalized spacial score (nSPS) is 19.4. The van der Waals surface area contributed by atoms with E-state index in [-0.39, 0.29) is 5.91 Å². The molecule has 4 heteroatoms. The number of morpholine rings is 1. The van der Waals surface area contributed by atoms with Crippen molar-refractivity contribution in [1.82, 2.24) is 4.90 Å². The van der Waals surface area contributed by atoms with E-state index in [2.05, 4.69) is 4.90 Å². The van der Waals surface area contributed by atoms with Crippen LogP contribution in [-0.4, -0.2) is 43.7 Å². The third kappa shape index (κ3) is 3.19. The average molecular weight is 276 g/mol. The third-order valence-electron chi connectivity index (χ3n) is 4.36. The number of nitrogens with two attached hydrogens (primary N) is 1. The van der Waals surface area contributed by atoms with Crippen LogP contribution in [0.25, 0.3) is 0 Å². The zero-order chi connectivity index (χ0) is 14.4. The summed E-state index contributed by atoms with van der Waals surface area (Å²) in [5.74, 6) is -0.223. The third-order valence-corrected chi connectivity index (χ3v) is 4.36. The lowest BCUT2D eigenvalue weighted by molar-refractivity contribution is -0.124. The highest BCUT2D eigenvalue weighted by Gasteiger charge is 2.36. The summed E-state index contributed by atoms with van der Waals surface area (Å²) in [7, 11) is 0. The van der Waals surface area contributed by atoms with Gasteiger partial charge in [-0.2, -0.15) is 0 Å². The second kappa shape index (κ2) is 6.86. The zero-order valence-electron chi connectivity index (χ0n) is 12.2. The number of amides is 1. The SMILES string of the molecule is CCC(CCN1CCOCC1)(C(N)=O)c1ccccc1. The van der Waals surface area contributed by atoms with Gasteiger partial charge in [0.15, 0.2) is 0 Å². The molecule has 1 atom stereocenters. The number of hydrogen-bond acceptors (Lipinski definition) is 3. The number of primary amides is 1. The van der Waals surface area contributed by atoms with Crippen LogP contribution in [-0.2, 0) is 14.9 Å². The van der Waals surface area contributed by atoms with Crippen LogP contribution in [0.5, 0.6) is 0 Å². The summed E-state index contributed by atoms with van der Waals surface area (Å²) in [6.07, 6.45) is 1.50. The maximum absolute atomic E-state index is 12.1. The van der Waals surface area contributed by atoms with Crippen LogP contribution in [0, 0.1) is 0 Å². The van der Waals surface area contributed by atoms with Crippen molar-refractivity contribution in [2.75, 3.05) is 32.8 Å². The number of rotatable bonds is 6. The van der Waals surface area contributed by atoms with Crippen molar-refractivity contribution >= 4 is 5.91 Å². The fourth-order valence-corrected chi connectivity index (χ4v) is 2.90. The fourth-order valence-electron chi connectivity index (χ4n) is 2.90. The molecule has 0 aliphatic carbocycles. The molecule has 2 N–H and O–H groups in total. The van der Waals surface area contributed by atoms with E-state index in [1.54, 1.807) is 0 Å². The lowest BCUT2D eigenvalue weighted by Gasteiger charge is -2.34. The maximum atomic E-state index is 12.1. The van der Waals surface area contributed by atoms with Gasteiger partial charge in [-0.1, -0.05) is 37.3 Å². The van der Waals surface area contributed by atoms with Gasteiger partial charge in [-0.05, 0) is 24.9 Å². The fraction of sp³-hybridized carbons (Fsp3) is 0.562. The van der Waals surface area contributed by atoms with Crippen molar-refractivity contribution in [2.24, 2.45) is 5.73 Å². The Morgan fingerprint density at radius 1 is 1.30 bits per heavy atom. The number of benzene rings is 1. The summed E-state index contributed by atoms with van der Waals surface area (Å²) in [6, 6.07) is 9.92. The van der Waals surface area contributed by atoms with E-state index in [1.165, 1.54) is 0 Å². The molecule has 1 aromatic rings. The number of ether oxygens (including phenoxy) is 1. The van der Waals surface area contributed by atoms with Gasteiger partial charge in [0.25, 0.3) is 0 Å². The smallest absolute Gasteiger partial charge is 0.228 e. The Kier molecular flexibility index (Phi) is 5.15. The molecule has 0 bridgehead atoms. The molecule has 1 unspecified atom stereocenters. The van der Waals surface area contributed by atoms with Crippen molar-refractivity contribution in [3.05, 3.63) is 35.9 Å². The molecular weight excluding hydrogens is 252 g/mol. The molecule has 0 saturated carbocycles. The highest BCUT2D eigenvalue weighted by atomic mass is 16.5. The molecule has 1 aliphatic rings. The maximum Gasteiger partial charge on any atom is 0.228 e. The Morgan fingerprint density at radius 3 is 2.50 bits per heavy atom. The van der Waals surface area contributed by atoms with E-state index in [4.69, 9.17) is 10.5 Å². The van der Waals surface area contributed by atoms with E-state index >= 15 is 0 Å². The molecule has 20 heavy (non-hydrogen) atoms. The van der Waals surface area contributed by atoms with E-state index in [9.17, 15) is 4.79 Å². The lowest BCUT2D eigenvalue weighted by atomic mass is 9.74. The average Bonchev–Trinajstić information content (AvgIpc) is 2.50. The molecule has 4 nitrogen and oxygen atoms in total. The van der Waals surface area contributed by atoms with Crippen molar-refractivity contribution in [2.45, 2.75) is 25.2 Å². The van der Waals surface area contributed by atoms with Crippen molar-refractivity contribution in [3.8, 4) is 0 Å². The molecule has 1 amide bonds. The molecule has 1 aromatic carbocycles. The molecule has 0 aromatic heterocycles. The Morgan fingerprint density at radius 2 is 1.95 bits per heavy atom. The van der Waals surface area contributed by atoms with Crippen molar-refractivity contribution < 1.29 is 9.53 Å². The van der Waals surface area contributed by atoms with Gasteiger partial charge in [-0.25, -0.2) is 0 Å². The Labute approximate surface area is 120 Å². The topological polar surface area (TPSA) is 55.6 Å². The zero-order valence-corrected chi connectivity index (χ0v) is 12.2. The van der Waals surface area contributed by atoms with E-state index < -0.39 is 5.41 Å². The van der Waals surface area contributed by atoms with Gasteiger partial charge >= 0.3 is 0 Å². The van der Waals surface area contributed by atoms with Crippen LogP contribution in [0.15, 0.2) is 30.3 Å². The Hall–Kier alpha value is -1.39. The monoisotopic (exact) mass is 276 g/mol. The van der Waals surface area contributed by atoms with Gasteiger partial charge in [-0.15, -0.1) is 0 Å². The van der Waals surface area contributed by atoms with Crippen molar-refractivity contribution in [1.29, 1.82) is 0 Å². The highest BCUT2D eigenvalue weighted by molar-refractivity contribution is 5.86. The van der Waals surface area contributed by atoms with Gasteiger partial charge in [0.1, 0.15) is 0 Å². The minimum Gasteiger partial charge on any atom is -0.379 e. The first-order chi connectivity index (χ1) is 9.69. The van der Waals surface area contributed by atoms with Crippen LogP contribution >= 0.6 is 0 Å². The predicted molar refractivity (Wildman–Crippen MR) is 79.5 cm³/mol. The largest absolute Gasteiger partial charge is 0.379 e. The first kappa shape index (κ1) is 15.0. The van der Waals surface area contributed by atoms with Crippen molar-refractivity contribution in [3.63, 3.8) is 0 Å². The van der Waals surface area contributed by atoms with Gasteiger partial charge in [-0.3, -0.25) is 9.69 Å². The van der Waals surface area contributed by atoms with Crippen LogP contribution in [0.2, 0.25) is 0 Å². The molecule has 0 radical (unpaired) electrons. The molecule has 1 saturated heterocycles. The number of nitrogens with zero attached hydrogens (tertiary/aromatic N) is 1. The molecular formula is C16H24N2O2. The minimum atomic E-state index is -0.556. The molecule has 1 heterocycles. The number of hydrogen-bond donors (Lipinski definition) is 1. The van der Waals surface area contributed by atoms with Crippen LogP contribution < -0.4 is 5.73 Å². The lowest BCUT2D eigenvalue weighted by Crippen LogP contribution is -2.45. The summed E-state index contributed by atoms with van der Waals surface area (Å²) in [4.78, 5) is 14.5. The van der Waals surface area contributed by atoms with Gasteiger partial charge in [0.05, 0.1) is 18.6 Å². The second-order valence-electron chi connectivity index (χ2n) is 5.37. The molecule has 1 fully saturated rings. The van der Waals surface area contributed by atoms with E-state index in [0.717, 1.165) is 51.3 Å². The standard InChI is InChI=1S/C16H24N2O2/c1-2-16(15(17)19,14-6-4-3-5-7-14)8-9-18-10-12-20-13-11-18/h3-7H,2,8-13H2,1H3,(H2,17,19). The predicted octanol–water partition coefficient (Wildman–Crippen LogP) is 1.54. The van der Waals surface area contributed by atoms with Gasteiger partial charge < -0.3 is 10.5 Å². The van der Waals surface area contributed by atoms with Crippen LogP contribution in [0.4, 0.5) is 0 Å². The first-order valence-electron chi connectivity index (χ1n) is 7.34. The second-order valence-corrected chi connectivity index (χ2v) is 5.37. The summed E-state index contributed by atoms with van der Waals surface area (Å²) in [6.45, 7) is 6.36. The summed E-state index contributed by atoms with van der Waals surface area (Å²) in [5, 5.41) is 0. The number of carbonyl (C=O) groups excluding carboxylic acids is 1. The Bertz CT molecular complexity index is 429. The summed E-state index contributed by atoms with van der Waals surface area (Å²) < 4.78 is 5.36. The number of carbonyl (C=O) groups is 1.